The molecule has 286 valence electrons. The lowest BCUT2D eigenvalue weighted by atomic mass is 9.94. The second kappa shape index (κ2) is 21.2. The van der Waals surface area contributed by atoms with Crippen LogP contribution in [-0.2, 0) is 0 Å². The van der Waals surface area contributed by atoms with Crippen LogP contribution in [0.1, 0.15) is 84.0 Å². The molecule has 0 aromatic heterocycles. The molecule has 0 saturated carbocycles. The van der Waals surface area contributed by atoms with Gasteiger partial charge in [-0.25, -0.2) is 17.6 Å². The van der Waals surface area contributed by atoms with Crippen LogP contribution in [0.5, 0.6) is 23.0 Å². The highest BCUT2D eigenvalue weighted by atomic mass is 19.2. The zero-order chi connectivity index (χ0) is 38.2. The molecular weight excluding hydrogens is 694 g/mol. The molecule has 0 aliphatic carbocycles. The Balaban J connectivity index is 1.02. The van der Waals surface area contributed by atoms with Gasteiger partial charge < -0.3 is 19.3 Å². The van der Waals surface area contributed by atoms with E-state index in [1.165, 1.54) is 36.4 Å². The van der Waals surface area contributed by atoms with Crippen LogP contribution < -0.4 is 14.2 Å². The van der Waals surface area contributed by atoms with Gasteiger partial charge >= 0.3 is 0 Å². The molecule has 4 nitrogen and oxygen atoms in total. The van der Waals surface area contributed by atoms with Crippen molar-refractivity contribution in [2.75, 3.05) is 19.8 Å². The van der Waals surface area contributed by atoms with Gasteiger partial charge in [-0.3, -0.25) is 0 Å². The summed E-state index contributed by atoms with van der Waals surface area (Å²) < 4.78 is 102. The van der Waals surface area contributed by atoms with E-state index in [1.54, 1.807) is 13.0 Å². The zero-order valence-electron chi connectivity index (χ0n) is 30.2. The minimum atomic E-state index is -1.42. The van der Waals surface area contributed by atoms with E-state index in [0.29, 0.717) is 30.6 Å². The molecule has 0 bridgehead atoms. The van der Waals surface area contributed by atoms with Crippen molar-refractivity contribution in [1.29, 1.82) is 0 Å². The maximum Gasteiger partial charge on any atom is 0.201 e. The minimum Gasteiger partial charge on any atom is -0.505 e. The first-order chi connectivity index (χ1) is 25.6. The molecule has 0 heterocycles. The van der Waals surface area contributed by atoms with Crippen LogP contribution in [-0.4, -0.2) is 24.9 Å². The Hall–Kier alpha value is -4.60. The predicted molar refractivity (Wildman–Crippen MR) is 196 cm³/mol. The zero-order valence-corrected chi connectivity index (χ0v) is 30.2. The molecule has 4 aromatic carbocycles. The second-order valence-corrected chi connectivity index (χ2v) is 13.0. The van der Waals surface area contributed by atoms with Gasteiger partial charge in [0.05, 0.1) is 19.8 Å². The number of rotatable bonds is 23. The van der Waals surface area contributed by atoms with Crippen molar-refractivity contribution in [3.05, 3.63) is 108 Å². The van der Waals surface area contributed by atoms with Crippen molar-refractivity contribution in [3.8, 4) is 45.3 Å². The summed E-state index contributed by atoms with van der Waals surface area (Å²) in [5, 5.41) is 9.29. The van der Waals surface area contributed by atoms with Gasteiger partial charge in [0.25, 0.3) is 0 Å². The van der Waals surface area contributed by atoms with Gasteiger partial charge in [-0.15, -0.1) is 6.58 Å². The lowest BCUT2D eigenvalue weighted by Crippen LogP contribution is -2.01. The average Bonchev–Trinajstić information content (AvgIpc) is 3.14. The van der Waals surface area contributed by atoms with Crippen LogP contribution in [0.2, 0.25) is 0 Å². The standard InChI is InChI=1S/C43H48F6O4/c1-3-29(15-11-7-5-9-13-25-52-30-17-19-32(36(44)27-30)34-21-23-38(50)42(48)40(34)46)16-12-8-6-10-14-26-53-31-18-20-33(37(45)28-31)35-22-24-39(51-4-2)43(49)41(35)47/h3,17-24,27-29,50H,1,4-16,25-26H2,2H3. The summed E-state index contributed by atoms with van der Waals surface area (Å²) in [7, 11) is 0. The molecule has 0 amide bonds. The fraction of sp³-hybridized carbons (Fsp3) is 0.395. The molecule has 0 radical (unpaired) electrons. The summed E-state index contributed by atoms with van der Waals surface area (Å²) in [6, 6.07) is 12.8. The molecule has 1 unspecified atom stereocenters. The summed E-state index contributed by atoms with van der Waals surface area (Å²) in [6.07, 6.45) is 14.4. The summed E-state index contributed by atoms with van der Waals surface area (Å²) >= 11 is 0. The summed E-state index contributed by atoms with van der Waals surface area (Å²) in [4.78, 5) is 0. The third-order valence-corrected chi connectivity index (χ3v) is 9.18. The van der Waals surface area contributed by atoms with Crippen molar-refractivity contribution in [3.63, 3.8) is 0 Å². The van der Waals surface area contributed by atoms with Gasteiger partial charge in [-0.2, -0.15) is 8.78 Å². The molecular formula is C43H48F6O4. The smallest absolute Gasteiger partial charge is 0.201 e. The number of unbranched alkanes of at least 4 members (excludes halogenated alkanes) is 8. The number of ether oxygens (including phenoxy) is 3. The van der Waals surface area contributed by atoms with E-state index in [0.717, 1.165) is 95.2 Å². The van der Waals surface area contributed by atoms with E-state index in [2.05, 4.69) is 6.58 Å². The second-order valence-electron chi connectivity index (χ2n) is 13.0. The van der Waals surface area contributed by atoms with Crippen LogP contribution in [0.15, 0.2) is 73.3 Å². The number of aromatic hydroxyl groups is 1. The number of hydrogen-bond donors (Lipinski definition) is 1. The highest BCUT2D eigenvalue weighted by Crippen LogP contribution is 2.34. The highest BCUT2D eigenvalue weighted by molar-refractivity contribution is 5.67. The maximum absolute atomic E-state index is 14.8. The molecule has 1 atom stereocenters. The van der Waals surface area contributed by atoms with E-state index < -0.39 is 40.7 Å². The van der Waals surface area contributed by atoms with Crippen LogP contribution in [0.4, 0.5) is 26.3 Å². The molecule has 0 spiro atoms. The van der Waals surface area contributed by atoms with Crippen molar-refractivity contribution < 1.29 is 45.7 Å². The molecule has 1 N–H and O–H groups in total. The molecule has 4 rings (SSSR count). The number of phenolic OH excluding ortho intramolecular Hbond substituents is 1. The highest BCUT2D eigenvalue weighted by Gasteiger charge is 2.19. The van der Waals surface area contributed by atoms with Crippen molar-refractivity contribution >= 4 is 0 Å². The number of allylic oxidation sites excluding steroid dienone is 1. The Kier molecular flexibility index (Phi) is 16.5. The van der Waals surface area contributed by atoms with Crippen LogP contribution in [0.25, 0.3) is 22.3 Å². The van der Waals surface area contributed by atoms with Crippen LogP contribution >= 0.6 is 0 Å². The summed E-state index contributed by atoms with van der Waals surface area (Å²) in [5.41, 5.74) is -0.613. The van der Waals surface area contributed by atoms with E-state index in [1.807, 2.05) is 6.08 Å². The molecule has 53 heavy (non-hydrogen) atoms. The van der Waals surface area contributed by atoms with Gasteiger partial charge in [-0.05, 0) is 87.1 Å². The van der Waals surface area contributed by atoms with Gasteiger partial charge in [0, 0.05) is 34.4 Å². The van der Waals surface area contributed by atoms with Crippen molar-refractivity contribution in [1.82, 2.24) is 0 Å². The Morgan fingerprint density at radius 2 is 1.00 bits per heavy atom. The first-order valence-electron chi connectivity index (χ1n) is 18.4. The lowest BCUT2D eigenvalue weighted by molar-refractivity contribution is 0.302. The predicted octanol–water partition coefficient (Wildman–Crippen LogP) is 12.9. The van der Waals surface area contributed by atoms with Crippen LogP contribution in [0.3, 0.4) is 0 Å². The minimum absolute atomic E-state index is 0.0495. The summed E-state index contributed by atoms with van der Waals surface area (Å²) in [5.74, 6) is -6.37. The SMILES string of the molecule is C=CC(CCCCCCCOc1ccc(-c2ccc(O)c(F)c2F)c(F)c1)CCCCCCCOc1ccc(-c2ccc(OCC)c(F)c2F)c(F)c1. The Morgan fingerprint density at radius 1 is 0.547 bits per heavy atom. The number of phenols is 1. The molecule has 0 aliphatic rings. The number of benzene rings is 4. The lowest BCUT2D eigenvalue weighted by Gasteiger charge is -2.13. The van der Waals surface area contributed by atoms with Gasteiger partial charge in [0.1, 0.15) is 23.1 Å². The molecule has 10 heteroatoms. The maximum atomic E-state index is 14.8. The van der Waals surface area contributed by atoms with E-state index >= 15 is 0 Å². The number of halogens is 6. The van der Waals surface area contributed by atoms with Crippen molar-refractivity contribution in [2.24, 2.45) is 5.92 Å². The quantitative estimate of drug-likeness (QED) is 0.0467. The number of hydrogen-bond acceptors (Lipinski definition) is 4. The largest absolute Gasteiger partial charge is 0.505 e. The Labute approximate surface area is 308 Å². The third-order valence-electron chi connectivity index (χ3n) is 9.18. The van der Waals surface area contributed by atoms with Crippen LogP contribution in [0, 0.1) is 40.8 Å². The van der Waals surface area contributed by atoms with E-state index in [4.69, 9.17) is 14.2 Å². The van der Waals surface area contributed by atoms with E-state index in [-0.39, 0.29) is 34.6 Å². The molecule has 0 fully saturated rings. The van der Waals surface area contributed by atoms with Gasteiger partial charge in [0.15, 0.2) is 23.1 Å². The van der Waals surface area contributed by atoms with Gasteiger partial charge in [0.2, 0.25) is 11.6 Å². The normalized spacial score (nSPS) is 11.8. The van der Waals surface area contributed by atoms with Gasteiger partial charge in [-0.1, -0.05) is 57.4 Å². The van der Waals surface area contributed by atoms with Crippen molar-refractivity contribution in [2.45, 2.75) is 84.0 Å². The molecule has 0 saturated heterocycles. The molecule has 0 aliphatic heterocycles. The average molecular weight is 743 g/mol. The monoisotopic (exact) mass is 742 g/mol. The fourth-order valence-corrected chi connectivity index (χ4v) is 6.20. The topological polar surface area (TPSA) is 47.9 Å². The first-order valence-corrected chi connectivity index (χ1v) is 18.4. The molecule has 4 aromatic rings. The summed E-state index contributed by atoms with van der Waals surface area (Å²) in [6.45, 7) is 6.72. The fourth-order valence-electron chi connectivity index (χ4n) is 6.20. The Bertz CT molecular complexity index is 1780. The van der Waals surface area contributed by atoms with E-state index in [9.17, 15) is 31.4 Å². The first kappa shape index (κ1) is 41.2. The third kappa shape index (κ3) is 12.0. The Morgan fingerprint density at radius 3 is 1.49 bits per heavy atom.